The molecule has 0 saturated heterocycles. The van der Waals surface area contributed by atoms with Gasteiger partial charge < -0.3 is 15.5 Å². The number of anilines is 2. The molecule has 0 fully saturated rings. The quantitative estimate of drug-likeness (QED) is 0.585. The molecule has 1 aliphatic rings. The predicted octanol–water partition coefficient (Wildman–Crippen LogP) is 3.22. The number of aryl methyl sites for hydroxylation is 2. The van der Waals surface area contributed by atoms with Gasteiger partial charge in [-0.05, 0) is 67.3 Å². The number of aliphatic hydroxyl groups excluding tert-OH is 2. The number of aromatic nitrogens is 2. The van der Waals surface area contributed by atoms with Gasteiger partial charge in [0.1, 0.15) is 0 Å². The van der Waals surface area contributed by atoms with Crippen LogP contribution in [0.4, 0.5) is 11.4 Å². The molecule has 6 heteroatoms. The summed E-state index contributed by atoms with van der Waals surface area (Å²) in [6, 6.07) is 16.6. The Kier molecular flexibility index (Phi) is 6.08. The number of aliphatic hydroxyl groups is 2. The maximum atomic E-state index is 9.75. The Hall–Kier alpha value is -2.80. The first-order valence-corrected chi connectivity index (χ1v) is 10.3. The van der Waals surface area contributed by atoms with E-state index in [4.69, 9.17) is 5.11 Å². The molecule has 0 bridgehead atoms. The molecule has 2 aromatic carbocycles. The van der Waals surface area contributed by atoms with E-state index in [9.17, 15) is 5.11 Å². The summed E-state index contributed by atoms with van der Waals surface area (Å²) in [5, 5.41) is 31.0. The minimum Gasteiger partial charge on any atom is -0.394 e. The largest absolute Gasteiger partial charge is 0.394 e. The lowest BCUT2D eigenvalue weighted by atomic mass is 9.97. The van der Waals surface area contributed by atoms with Crippen molar-refractivity contribution in [3.8, 4) is 11.3 Å². The number of hydrogen-bond acceptors (Lipinski definition) is 6. The fraction of sp³-hybridized carbons (Fsp3) is 0.333. The molecule has 3 N–H and O–H groups in total. The Morgan fingerprint density at radius 3 is 2.73 bits per heavy atom. The van der Waals surface area contributed by atoms with Gasteiger partial charge in [-0.3, -0.25) is 4.90 Å². The number of fused-ring (bicyclic) bond motifs is 1. The monoisotopic (exact) mass is 404 g/mol. The Morgan fingerprint density at radius 2 is 1.97 bits per heavy atom. The minimum atomic E-state index is -0.691. The van der Waals surface area contributed by atoms with Crippen LogP contribution in [-0.2, 0) is 13.0 Å². The van der Waals surface area contributed by atoms with E-state index in [2.05, 4.69) is 63.7 Å². The molecule has 0 aliphatic carbocycles. The van der Waals surface area contributed by atoms with Crippen LogP contribution in [0.1, 0.15) is 22.4 Å². The van der Waals surface area contributed by atoms with Crippen LogP contribution in [0, 0.1) is 13.8 Å². The highest BCUT2D eigenvalue weighted by Gasteiger charge is 2.20. The molecule has 1 atom stereocenters. The average Bonchev–Trinajstić information content (AvgIpc) is 2.75. The van der Waals surface area contributed by atoms with E-state index >= 15 is 0 Å². The molecule has 3 aromatic rings. The molecule has 0 amide bonds. The SMILES string of the molecule is Cc1ccc(-c2cc(Nc3cccc4c3CCN(CC(O)CO)C4)ccc2C)nn1. The van der Waals surface area contributed by atoms with Crippen LogP contribution in [-0.4, -0.2) is 51.1 Å². The molecule has 0 radical (unpaired) electrons. The second kappa shape index (κ2) is 8.92. The van der Waals surface area contributed by atoms with E-state index in [1.54, 1.807) is 0 Å². The third-order valence-corrected chi connectivity index (χ3v) is 5.62. The van der Waals surface area contributed by atoms with E-state index in [-0.39, 0.29) is 6.61 Å². The predicted molar refractivity (Wildman–Crippen MR) is 119 cm³/mol. The number of rotatable bonds is 6. The van der Waals surface area contributed by atoms with Crippen molar-refractivity contribution in [1.82, 2.24) is 15.1 Å². The van der Waals surface area contributed by atoms with Crippen molar-refractivity contribution in [2.45, 2.75) is 32.9 Å². The molecule has 1 aliphatic heterocycles. The number of hydrogen-bond donors (Lipinski definition) is 3. The summed E-state index contributed by atoms with van der Waals surface area (Å²) < 4.78 is 0. The lowest BCUT2D eigenvalue weighted by Crippen LogP contribution is -2.38. The summed E-state index contributed by atoms with van der Waals surface area (Å²) in [6.07, 6.45) is 0.211. The highest BCUT2D eigenvalue weighted by atomic mass is 16.3. The Labute approximate surface area is 177 Å². The number of benzene rings is 2. The van der Waals surface area contributed by atoms with Crippen LogP contribution >= 0.6 is 0 Å². The van der Waals surface area contributed by atoms with Crippen molar-refractivity contribution in [2.24, 2.45) is 0 Å². The third-order valence-electron chi connectivity index (χ3n) is 5.62. The molecular weight excluding hydrogens is 376 g/mol. The molecule has 0 saturated carbocycles. The maximum absolute atomic E-state index is 9.75. The summed E-state index contributed by atoms with van der Waals surface area (Å²) in [7, 11) is 0. The van der Waals surface area contributed by atoms with Gasteiger partial charge in [0.05, 0.1) is 24.1 Å². The average molecular weight is 405 g/mol. The summed E-state index contributed by atoms with van der Waals surface area (Å²) in [5.74, 6) is 0. The first-order valence-electron chi connectivity index (χ1n) is 10.3. The lowest BCUT2D eigenvalue weighted by molar-refractivity contribution is 0.0551. The van der Waals surface area contributed by atoms with Gasteiger partial charge in [-0.1, -0.05) is 18.2 Å². The lowest BCUT2D eigenvalue weighted by Gasteiger charge is -2.31. The van der Waals surface area contributed by atoms with Crippen molar-refractivity contribution in [2.75, 3.05) is 25.0 Å². The molecule has 0 spiro atoms. The molecule has 2 heterocycles. The van der Waals surface area contributed by atoms with Crippen LogP contribution in [0.15, 0.2) is 48.5 Å². The molecule has 4 rings (SSSR count). The third kappa shape index (κ3) is 4.51. The molecule has 1 unspecified atom stereocenters. The van der Waals surface area contributed by atoms with Gasteiger partial charge in [-0.25, -0.2) is 0 Å². The Balaban J connectivity index is 1.57. The number of nitrogens with one attached hydrogen (secondary N) is 1. The number of nitrogens with zero attached hydrogens (tertiary/aromatic N) is 3. The molecule has 156 valence electrons. The summed E-state index contributed by atoms with van der Waals surface area (Å²) in [4.78, 5) is 2.19. The van der Waals surface area contributed by atoms with Crippen LogP contribution in [0.25, 0.3) is 11.3 Å². The van der Waals surface area contributed by atoms with E-state index in [0.717, 1.165) is 53.4 Å². The standard InChI is InChI=1S/C24H28N4O2/c1-16-6-8-19(12-22(16)24-9-7-17(2)26-27-24)25-23-5-3-4-18-13-28(11-10-21(18)23)14-20(30)15-29/h3-9,12,20,25,29-30H,10-11,13-15H2,1-2H3. The first kappa shape index (κ1) is 20.5. The first-order chi connectivity index (χ1) is 14.5. The van der Waals surface area contributed by atoms with Crippen LogP contribution in [0.2, 0.25) is 0 Å². The van der Waals surface area contributed by atoms with Crippen LogP contribution in [0.3, 0.4) is 0 Å². The van der Waals surface area contributed by atoms with E-state index in [1.807, 2.05) is 19.1 Å². The highest BCUT2D eigenvalue weighted by molar-refractivity contribution is 5.73. The molecular formula is C24H28N4O2. The Morgan fingerprint density at radius 1 is 1.10 bits per heavy atom. The Bertz CT molecular complexity index is 1020. The van der Waals surface area contributed by atoms with E-state index in [1.165, 1.54) is 11.1 Å². The van der Waals surface area contributed by atoms with Crippen molar-refractivity contribution >= 4 is 11.4 Å². The smallest absolute Gasteiger partial charge is 0.0933 e. The molecule has 1 aromatic heterocycles. The zero-order chi connectivity index (χ0) is 21.1. The maximum Gasteiger partial charge on any atom is 0.0933 e. The zero-order valence-electron chi connectivity index (χ0n) is 17.5. The van der Waals surface area contributed by atoms with Crippen molar-refractivity contribution in [3.05, 3.63) is 70.9 Å². The van der Waals surface area contributed by atoms with E-state index < -0.39 is 6.10 Å². The van der Waals surface area contributed by atoms with Gasteiger partial charge in [0, 0.05) is 36.6 Å². The zero-order valence-corrected chi connectivity index (χ0v) is 17.5. The van der Waals surface area contributed by atoms with Gasteiger partial charge >= 0.3 is 0 Å². The van der Waals surface area contributed by atoms with Gasteiger partial charge in [0.2, 0.25) is 0 Å². The van der Waals surface area contributed by atoms with Gasteiger partial charge in [-0.15, -0.1) is 0 Å². The summed E-state index contributed by atoms with van der Waals surface area (Å²) >= 11 is 0. The minimum absolute atomic E-state index is 0.202. The second-order valence-corrected chi connectivity index (χ2v) is 7.98. The van der Waals surface area contributed by atoms with Crippen LogP contribution < -0.4 is 5.32 Å². The topological polar surface area (TPSA) is 81.5 Å². The normalized spacial score (nSPS) is 14.9. The fourth-order valence-electron chi connectivity index (χ4n) is 3.97. The summed E-state index contributed by atoms with van der Waals surface area (Å²) in [5.41, 5.74) is 8.70. The number of β-amino-alcohol motifs (C(OH)–C–C–N with tert-alkyl or cyclic N) is 1. The molecule has 6 nitrogen and oxygen atoms in total. The highest BCUT2D eigenvalue weighted by Crippen LogP contribution is 2.31. The van der Waals surface area contributed by atoms with E-state index in [0.29, 0.717) is 6.54 Å². The summed E-state index contributed by atoms with van der Waals surface area (Å²) in [6.45, 7) is 5.95. The fourth-order valence-corrected chi connectivity index (χ4v) is 3.97. The molecule has 30 heavy (non-hydrogen) atoms. The van der Waals surface area contributed by atoms with Crippen molar-refractivity contribution < 1.29 is 10.2 Å². The van der Waals surface area contributed by atoms with Crippen LogP contribution in [0.5, 0.6) is 0 Å². The van der Waals surface area contributed by atoms with Crippen molar-refractivity contribution in [3.63, 3.8) is 0 Å². The van der Waals surface area contributed by atoms with Crippen molar-refractivity contribution in [1.29, 1.82) is 0 Å². The van der Waals surface area contributed by atoms with Gasteiger partial charge in [0.15, 0.2) is 0 Å². The second-order valence-electron chi connectivity index (χ2n) is 7.98. The van der Waals surface area contributed by atoms with Gasteiger partial charge in [-0.2, -0.15) is 10.2 Å². The van der Waals surface area contributed by atoms with Gasteiger partial charge in [0.25, 0.3) is 0 Å².